The molecule has 0 aromatic carbocycles. The maximum Gasteiger partial charge on any atom is 0.305 e. The Morgan fingerprint density at radius 2 is 1.93 bits per heavy atom. The smallest absolute Gasteiger partial charge is 0.305 e. The molecule has 0 radical (unpaired) electrons. The molecule has 88 valence electrons. The van der Waals surface area contributed by atoms with E-state index < -0.39 is 11.5 Å². The molecule has 0 heterocycles. The number of carboxylic acid groups (broad SMARTS) is 1. The fraction of sp³-hybridized carbons (Fsp3) is 0.909. The van der Waals surface area contributed by atoms with Crippen molar-refractivity contribution in [2.24, 2.45) is 23.0 Å². The van der Waals surface area contributed by atoms with Gasteiger partial charge in [0.2, 0.25) is 0 Å². The minimum atomic E-state index is -0.756. The van der Waals surface area contributed by atoms with Crippen LogP contribution in [0.3, 0.4) is 0 Å². The average Bonchev–Trinajstić information content (AvgIpc) is 2.54. The van der Waals surface area contributed by atoms with Gasteiger partial charge in [0.15, 0.2) is 0 Å². The van der Waals surface area contributed by atoms with Gasteiger partial charge in [0.1, 0.15) is 0 Å². The van der Waals surface area contributed by atoms with Gasteiger partial charge in [0.25, 0.3) is 0 Å². The number of nitrogens with two attached hydrogens (primary N) is 1. The molecule has 3 atom stereocenters. The SMILES string of the molecule is CC1(C)C2CCC(C2)C1(N)CC(=O)O.Cl. The molecule has 0 saturated heterocycles. The lowest BCUT2D eigenvalue weighted by atomic mass is 9.62. The number of halogens is 1. The monoisotopic (exact) mass is 233 g/mol. The Kier molecular flexibility index (Phi) is 3.10. The highest BCUT2D eigenvalue weighted by Crippen LogP contribution is 2.61. The van der Waals surface area contributed by atoms with Crippen molar-refractivity contribution in [1.82, 2.24) is 0 Å². The lowest BCUT2D eigenvalue weighted by Gasteiger charge is -2.46. The van der Waals surface area contributed by atoms with E-state index >= 15 is 0 Å². The molecule has 2 aliphatic carbocycles. The molecule has 2 fully saturated rings. The minimum Gasteiger partial charge on any atom is -0.481 e. The second kappa shape index (κ2) is 3.63. The molecule has 2 aliphatic rings. The molecule has 0 amide bonds. The Hall–Kier alpha value is -0.280. The quantitative estimate of drug-likeness (QED) is 0.767. The van der Waals surface area contributed by atoms with Gasteiger partial charge in [0.05, 0.1) is 6.42 Å². The number of fused-ring (bicyclic) bond motifs is 2. The van der Waals surface area contributed by atoms with Gasteiger partial charge in [0, 0.05) is 5.54 Å². The Bertz CT molecular complexity index is 280. The van der Waals surface area contributed by atoms with Gasteiger partial charge in [-0.3, -0.25) is 4.79 Å². The van der Waals surface area contributed by atoms with Gasteiger partial charge in [-0.1, -0.05) is 13.8 Å². The van der Waals surface area contributed by atoms with Gasteiger partial charge in [-0.2, -0.15) is 0 Å². The van der Waals surface area contributed by atoms with Gasteiger partial charge < -0.3 is 10.8 Å². The van der Waals surface area contributed by atoms with Gasteiger partial charge in [-0.05, 0) is 36.5 Å². The molecule has 2 bridgehead atoms. The molecular weight excluding hydrogens is 214 g/mol. The summed E-state index contributed by atoms with van der Waals surface area (Å²) in [5.41, 5.74) is 5.87. The molecule has 0 spiro atoms. The van der Waals surface area contributed by atoms with Crippen LogP contribution in [0.15, 0.2) is 0 Å². The molecule has 15 heavy (non-hydrogen) atoms. The highest BCUT2D eigenvalue weighted by molar-refractivity contribution is 5.85. The van der Waals surface area contributed by atoms with Crippen molar-refractivity contribution in [3.05, 3.63) is 0 Å². The van der Waals surface area contributed by atoms with E-state index in [9.17, 15) is 4.79 Å². The molecule has 3 nitrogen and oxygen atoms in total. The predicted molar refractivity (Wildman–Crippen MR) is 61.0 cm³/mol. The van der Waals surface area contributed by atoms with Crippen LogP contribution in [0.4, 0.5) is 0 Å². The first-order valence-electron chi connectivity index (χ1n) is 5.38. The first-order chi connectivity index (χ1) is 6.38. The molecule has 0 aliphatic heterocycles. The van der Waals surface area contributed by atoms with Crippen molar-refractivity contribution in [2.45, 2.75) is 45.1 Å². The molecule has 2 saturated carbocycles. The van der Waals surface area contributed by atoms with Crippen LogP contribution in [0.2, 0.25) is 0 Å². The first-order valence-corrected chi connectivity index (χ1v) is 5.38. The number of carboxylic acids is 1. The standard InChI is InChI=1S/C11H19NO2.ClH/c1-10(2)7-3-4-8(5-7)11(10,12)6-9(13)14;/h7-8H,3-6,12H2,1-2H3,(H,13,14);1H. The second-order valence-electron chi connectivity index (χ2n) is 5.54. The van der Waals surface area contributed by atoms with Crippen LogP contribution in [0.25, 0.3) is 0 Å². The van der Waals surface area contributed by atoms with Crippen molar-refractivity contribution in [3.8, 4) is 0 Å². The summed E-state index contributed by atoms with van der Waals surface area (Å²) >= 11 is 0. The van der Waals surface area contributed by atoms with E-state index in [2.05, 4.69) is 13.8 Å². The van der Waals surface area contributed by atoms with Crippen molar-refractivity contribution < 1.29 is 9.90 Å². The Labute approximate surface area is 96.8 Å². The van der Waals surface area contributed by atoms with E-state index in [1.54, 1.807) is 0 Å². The van der Waals surface area contributed by atoms with Gasteiger partial charge >= 0.3 is 5.97 Å². The van der Waals surface area contributed by atoms with Crippen LogP contribution in [0, 0.1) is 17.3 Å². The summed E-state index contributed by atoms with van der Waals surface area (Å²) in [6.07, 6.45) is 3.62. The highest BCUT2D eigenvalue weighted by atomic mass is 35.5. The number of aliphatic carboxylic acids is 1. The summed E-state index contributed by atoms with van der Waals surface area (Å²) in [6, 6.07) is 0. The Morgan fingerprint density at radius 3 is 2.33 bits per heavy atom. The summed E-state index contributed by atoms with van der Waals surface area (Å²) < 4.78 is 0. The van der Waals surface area contributed by atoms with Crippen LogP contribution in [-0.2, 0) is 4.79 Å². The maximum absolute atomic E-state index is 10.8. The largest absolute Gasteiger partial charge is 0.481 e. The zero-order valence-corrected chi connectivity index (χ0v) is 10.1. The van der Waals surface area contributed by atoms with E-state index in [0.717, 1.165) is 12.8 Å². The zero-order chi connectivity index (χ0) is 10.6. The third kappa shape index (κ3) is 1.56. The van der Waals surface area contributed by atoms with Crippen LogP contribution in [0.5, 0.6) is 0 Å². The molecule has 3 N–H and O–H groups in total. The highest BCUT2D eigenvalue weighted by Gasteiger charge is 2.61. The van der Waals surface area contributed by atoms with E-state index in [4.69, 9.17) is 10.8 Å². The third-order valence-electron chi connectivity index (χ3n) is 4.83. The molecule has 0 aromatic heterocycles. The van der Waals surface area contributed by atoms with Crippen molar-refractivity contribution >= 4 is 18.4 Å². The topological polar surface area (TPSA) is 63.3 Å². The minimum absolute atomic E-state index is 0. The average molecular weight is 234 g/mol. The van der Waals surface area contributed by atoms with Crippen molar-refractivity contribution in [2.75, 3.05) is 0 Å². The van der Waals surface area contributed by atoms with E-state index in [1.165, 1.54) is 6.42 Å². The Morgan fingerprint density at radius 1 is 1.40 bits per heavy atom. The van der Waals surface area contributed by atoms with Crippen LogP contribution in [-0.4, -0.2) is 16.6 Å². The summed E-state index contributed by atoms with van der Waals surface area (Å²) in [5.74, 6) is 0.309. The fourth-order valence-corrected chi connectivity index (χ4v) is 3.63. The lowest BCUT2D eigenvalue weighted by Crippen LogP contribution is -2.57. The van der Waals surface area contributed by atoms with E-state index in [0.29, 0.717) is 11.8 Å². The zero-order valence-electron chi connectivity index (χ0n) is 9.32. The van der Waals surface area contributed by atoms with Gasteiger partial charge in [-0.25, -0.2) is 0 Å². The summed E-state index contributed by atoms with van der Waals surface area (Å²) in [6.45, 7) is 4.28. The van der Waals surface area contributed by atoms with Crippen LogP contribution < -0.4 is 5.73 Å². The number of hydrogen-bond donors (Lipinski definition) is 2. The van der Waals surface area contributed by atoms with Crippen LogP contribution >= 0.6 is 12.4 Å². The normalized spacial score (nSPS) is 41.3. The van der Waals surface area contributed by atoms with E-state index in [1.807, 2.05) is 0 Å². The molecule has 3 unspecified atom stereocenters. The maximum atomic E-state index is 10.8. The van der Waals surface area contributed by atoms with Crippen molar-refractivity contribution in [1.29, 1.82) is 0 Å². The molecule has 2 rings (SSSR count). The number of carbonyl (C=O) groups is 1. The number of hydrogen-bond acceptors (Lipinski definition) is 2. The van der Waals surface area contributed by atoms with E-state index in [-0.39, 0.29) is 24.2 Å². The third-order valence-corrected chi connectivity index (χ3v) is 4.83. The summed E-state index contributed by atoms with van der Waals surface area (Å²) in [5, 5.41) is 8.92. The predicted octanol–water partition coefficient (Wildman–Crippen LogP) is 2.04. The summed E-state index contributed by atoms with van der Waals surface area (Å²) in [7, 11) is 0. The van der Waals surface area contributed by atoms with Gasteiger partial charge in [-0.15, -0.1) is 12.4 Å². The fourth-order valence-electron chi connectivity index (χ4n) is 3.63. The summed E-state index contributed by atoms with van der Waals surface area (Å²) in [4.78, 5) is 10.8. The molecular formula is C11H20ClNO2. The van der Waals surface area contributed by atoms with Crippen LogP contribution in [0.1, 0.15) is 39.5 Å². The first kappa shape index (κ1) is 12.8. The number of rotatable bonds is 2. The molecule has 0 aromatic rings. The van der Waals surface area contributed by atoms with Crippen molar-refractivity contribution in [3.63, 3.8) is 0 Å². The second-order valence-corrected chi connectivity index (χ2v) is 5.54. The lowest BCUT2D eigenvalue weighted by molar-refractivity contribution is -0.140. The Balaban J connectivity index is 0.00000112. The molecule has 4 heteroatoms.